The molecule has 1 aliphatic rings. The van der Waals surface area contributed by atoms with E-state index in [1.165, 1.54) is 0 Å². The lowest BCUT2D eigenvalue weighted by Gasteiger charge is -2.14. The van der Waals surface area contributed by atoms with Gasteiger partial charge in [0.2, 0.25) is 0 Å². The second-order valence-electron chi connectivity index (χ2n) is 4.48. The van der Waals surface area contributed by atoms with Crippen LogP contribution in [0.3, 0.4) is 0 Å². The summed E-state index contributed by atoms with van der Waals surface area (Å²) in [6.45, 7) is 2.44. The zero-order chi connectivity index (χ0) is 14.4. The molecule has 1 aromatic rings. The lowest BCUT2D eigenvalue weighted by Crippen LogP contribution is -2.25. The van der Waals surface area contributed by atoms with Crippen LogP contribution in [0.15, 0.2) is 47.2 Å². The first-order valence-electron chi connectivity index (χ1n) is 6.47. The summed E-state index contributed by atoms with van der Waals surface area (Å²) in [5, 5.41) is 4.96. The summed E-state index contributed by atoms with van der Waals surface area (Å²) >= 11 is 6.07. The summed E-state index contributed by atoms with van der Waals surface area (Å²) in [5.74, 6) is 0.271. The molecule has 1 heterocycles. The highest BCUT2D eigenvalue weighted by molar-refractivity contribution is 8.22. The van der Waals surface area contributed by atoms with Crippen molar-refractivity contribution in [1.82, 2.24) is 5.48 Å². The Labute approximate surface area is 127 Å². The van der Waals surface area contributed by atoms with Crippen LogP contribution >= 0.6 is 22.5 Å². The van der Waals surface area contributed by atoms with Crippen molar-refractivity contribution in [2.45, 2.75) is 12.8 Å². The number of halogens is 1. The van der Waals surface area contributed by atoms with Crippen molar-refractivity contribution >= 4 is 28.5 Å². The Bertz CT molecular complexity index is 518. The van der Waals surface area contributed by atoms with Gasteiger partial charge in [-0.05, 0) is 35.1 Å². The molecule has 3 nitrogen and oxygen atoms in total. The van der Waals surface area contributed by atoms with Gasteiger partial charge in [-0.15, -0.1) is 0 Å². The van der Waals surface area contributed by atoms with Gasteiger partial charge in [0.25, 0.3) is 0 Å². The van der Waals surface area contributed by atoms with Crippen LogP contribution in [0.4, 0.5) is 0 Å². The zero-order valence-electron chi connectivity index (χ0n) is 11.3. The molecule has 0 bridgehead atoms. The minimum Gasteiger partial charge on any atom is -0.370 e. The summed E-state index contributed by atoms with van der Waals surface area (Å²) < 4.78 is 0. The molecular formula is C15H18ClNO2S. The molecule has 2 rings (SSSR count). The van der Waals surface area contributed by atoms with Crippen LogP contribution in [-0.2, 0) is 9.63 Å². The minimum atomic E-state index is -0.381. The lowest BCUT2D eigenvalue weighted by atomic mass is 10.0. The first-order chi connectivity index (χ1) is 9.68. The Hall–Kier alpha value is -1.23. The van der Waals surface area contributed by atoms with Gasteiger partial charge >= 0.3 is 5.97 Å². The standard InChI is InChI=1S/C15H18ClNO2S/c1-12(13-6-2-3-7-14(13)16)15(18)19-17-8-11-20-9-4-5-10-20/h2-7,9-10,12,17,20H,8,11H2,1H3/t12-/m0/s1. The van der Waals surface area contributed by atoms with Crippen molar-refractivity contribution in [3.05, 3.63) is 57.8 Å². The van der Waals surface area contributed by atoms with E-state index in [0.29, 0.717) is 11.6 Å². The van der Waals surface area contributed by atoms with Gasteiger partial charge in [0, 0.05) is 11.6 Å². The molecule has 0 saturated carbocycles. The number of carbonyl (C=O) groups excluding carboxylic acids is 1. The molecule has 0 aliphatic carbocycles. The van der Waals surface area contributed by atoms with E-state index in [9.17, 15) is 4.79 Å². The molecule has 0 aromatic heterocycles. The molecule has 1 aromatic carbocycles. The largest absolute Gasteiger partial charge is 0.370 e. The van der Waals surface area contributed by atoms with Gasteiger partial charge in [-0.1, -0.05) is 42.0 Å². The van der Waals surface area contributed by atoms with Gasteiger partial charge in [-0.2, -0.15) is 5.48 Å². The fourth-order valence-electron chi connectivity index (χ4n) is 1.86. The summed E-state index contributed by atoms with van der Waals surface area (Å²) in [7, 11) is -0.176. The maximum absolute atomic E-state index is 11.9. The van der Waals surface area contributed by atoms with Gasteiger partial charge in [-0.3, -0.25) is 0 Å². The first kappa shape index (κ1) is 15.2. The van der Waals surface area contributed by atoms with Crippen LogP contribution in [0.1, 0.15) is 18.4 Å². The Morgan fingerprint density at radius 2 is 2.05 bits per heavy atom. The number of allylic oxidation sites excluding steroid dienone is 2. The number of hydroxylamine groups is 1. The van der Waals surface area contributed by atoms with Crippen LogP contribution < -0.4 is 5.48 Å². The maximum atomic E-state index is 11.9. The summed E-state index contributed by atoms with van der Waals surface area (Å²) in [5.41, 5.74) is 3.52. The molecule has 0 saturated heterocycles. The molecule has 0 amide bonds. The van der Waals surface area contributed by atoms with E-state index in [-0.39, 0.29) is 22.8 Å². The second kappa shape index (κ2) is 7.53. The van der Waals surface area contributed by atoms with E-state index >= 15 is 0 Å². The van der Waals surface area contributed by atoms with Gasteiger partial charge in [-0.25, -0.2) is 15.7 Å². The van der Waals surface area contributed by atoms with Crippen molar-refractivity contribution in [2.24, 2.45) is 0 Å². The average Bonchev–Trinajstić information content (AvgIpc) is 2.96. The smallest absolute Gasteiger partial charge is 0.331 e. The number of hydrogen-bond donors (Lipinski definition) is 2. The fraction of sp³-hybridized carbons (Fsp3) is 0.267. The quantitative estimate of drug-likeness (QED) is 0.479. The normalized spacial score (nSPS) is 16.4. The van der Waals surface area contributed by atoms with Crippen LogP contribution in [0.2, 0.25) is 5.02 Å². The highest BCUT2D eigenvalue weighted by Crippen LogP contribution is 2.31. The van der Waals surface area contributed by atoms with E-state index in [0.717, 1.165) is 11.3 Å². The van der Waals surface area contributed by atoms with Gasteiger partial charge in [0.1, 0.15) is 0 Å². The topological polar surface area (TPSA) is 38.3 Å². The number of benzene rings is 1. The van der Waals surface area contributed by atoms with E-state index < -0.39 is 0 Å². The fourth-order valence-corrected chi connectivity index (χ4v) is 3.55. The third-order valence-corrected chi connectivity index (χ3v) is 5.23. The van der Waals surface area contributed by atoms with Gasteiger partial charge in [0.05, 0.1) is 5.92 Å². The second-order valence-corrected chi connectivity index (χ2v) is 6.96. The molecule has 0 spiro atoms. The highest BCUT2D eigenvalue weighted by Gasteiger charge is 2.19. The van der Waals surface area contributed by atoms with Gasteiger partial charge < -0.3 is 4.84 Å². The predicted molar refractivity (Wildman–Crippen MR) is 86.1 cm³/mol. The number of nitrogens with one attached hydrogen (secondary N) is 1. The molecule has 0 fully saturated rings. The average molecular weight is 312 g/mol. The Morgan fingerprint density at radius 1 is 1.35 bits per heavy atom. The van der Waals surface area contributed by atoms with E-state index in [1.807, 2.05) is 18.2 Å². The molecule has 1 atom stereocenters. The van der Waals surface area contributed by atoms with E-state index in [1.54, 1.807) is 13.0 Å². The Balaban J connectivity index is 1.75. The number of hydrogen-bond acceptors (Lipinski definition) is 3. The van der Waals surface area contributed by atoms with E-state index in [4.69, 9.17) is 16.4 Å². The number of carbonyl (C=O) groups is 1. The molecule has 20 heavy (non-hydrogen) atoms. The van der Waals surface area contributed by atoms with Gasteiger partial charge in [0.15, 0.2) is 0 Å². The number of rotatable bonds is 6. The van der Waals surface area contributed by atoms with Crippen LogP contribution in [0.5, 0.6) is 0 Å². The molecule has 108 valence electrons. The third-order valence-electron chi connectivity index (χ3n) is 3.04. The molecule has 1 aliphatic heterocycles. The molecular weight excluding hydrogens is 294 g/mol. The zero-order valence-corrected chi connectivity index (χ0v) is 12.9. The Kier molecular flexibility index (Phi) is 5.71. The first-order valence-corrected chi connectivity index (χ1v) is 8.51. The van der Waals surface area contributed by atoms with Crippen molar-refractivity contribution in [3.8, 4) is 0 Å². The van der Waals surface area contributed by atoms with Crippen molar-refractivity contribution in [3.63, 3.8) is 0 Å². The molecule has 1 N–H and O–H groups in total. The summed E-state index contributed by atoms with van der Waals surface area (Å²) in [4.78, 5) is 17.0. The summed E-state index contributed by atoms with van der Waals surface area (Å²) in [6, 6.07) is 7.31. The Morgan fingerprint density at radius 3 is 2.75 bits per heavy atom. The minimum absolute atomic E-state index is 0.176. The number of thiol groups is 1. The van der Waals surface area contributed by atoms with E-state index in [2.05, 4.69) is 28.4 Å². The highest BCUT2D eigenvalue weighted by atomic mass is 35.5. The summed E-state index contributed by atoms with van der Waals surface area (Å²) in [6.07, 6.45) is 4.11. The third kappa shape index (κ3) is 4.13. The molecule has 0 radical (unpaired) electrons. The SMILES string of the molecule is C[C@H](C(=O)ONCC[SH]1C=CC=C1)c1ccccc1Cl. The van der Waals surface area contributed by atoms with Crippen molar-refractivity contribution in [1.29, 1.82) is 0 Å². The maximum Gasteiger partial charge on any atom is 0.331 e. The molecule has 0 unspecified atom stereocenters. The van der Waals surface area contributed by atoms with Crippen LogP contribution in [0, 0.1) is 0 Å². The van der Waals surface area contributed by atoms with Crippen molar-refractivity contribution < 1.29 is 9.63 Å². The predicted octanol–water partition coefficient (Wildman–Crippen LogP) is 3.53. The lowest BCUT2D eigenvalue weighted by molar-refractivity contribution is -0.152. The molecule has 5 heteroatoms. The van der Waals surface area contributed by atoms with Crippen LogP contribution in [-0.4, -0.2) is 18.3 Å². The monoisotopic (exact) mass is 311 g/mol. The van der Waals surface area contributed by atoms with Crippen LogP contribution in [0.25, 0.3) is 0 Å². The van der Waals surface area contributed by atoms with Crippen molar-refractivity contribution in [2.75, 3.05) is 12.3 Å².